The summed E-state index contributed by atoms with van der Waals surface area (Å²) in [6.45, 7) is 3.96. The lowest BCUT2D eigenvalue weighted by Gasteiger charge is -2.04. The summed E-state index contributed by atoms with van der Waals surface area (Å²) in [5.41, 5.74) is 0. The molecule has 1 aromatic rings. The monoisotopic (exact) mass is 239 g/mol. The normalized spacial score (nSPS) is 15.1. The van der Waals surface area contributed by atoms with E-state index in [9.17, 15) is 4.79 Å². The molecule has 0 aliphatic heterocycles. The van der Waals surface area contributed by atoms with Gasteiger partial charge in [-0.3, -0.25) is 4.79 Å². The number of rotatable bonds is 6. The van der Waals surface area contributed by atoms with Crippen molar-refractivity contribution in [2.24, 2.45) is 5.92 Å². The van der Waals surface area contributed by atoms with Crippen molar-refractivity contribution in [2.45, 2.75) is 26.3 Å². The maximum Gasteiger partial charge on any atom is 0.234 e. The molecule has 1 aliphatic carbocycles. The minimum absolute atomic E-state index is 0.0618. The molecule has 1 aromatic heterocycles. The average molecular weight is 239 g/mol. The Balaban J connectivity index is 1.59. The van der Waals surface area contributed by atoms with Crippen molar-refractivity contribution in [1.29, 1.82) is 0 Å². The predicted molar refractivity (Wildman–Crippen MR) is 64.3 cm³/mol. The molecule has 0 spiro atoms. The Labute approximate surface area is 99.5 Å². The van der Waals surface area contributed by atoms with E-state index >= 15 is 0 Å². The van der Waals surface area contributed by atoms with Crippen LogP contribution in [0.15, 0.2) is 6.20 Å². The molecule has 1 saturated carbocycles. The lowest BCUT2D eigenvalue weighted by molar-refractivity contribution is -0.120. The van der Waals surface area contributed by atoms with Crippen LogP contribution in [0.2, 0.25) is 0 Å². The molecule has 5 heteroatoms. The second kappa shape index (κ2) is 5.41. The van der Waals surface area contributed by atoms with Crippen molar-refractivity contribution in [2.75, 3.05) is 13.1 Å². The van der Waals surface area contributed by atoms with Gasteiger partial charge in [-0.2, -0.15) is 0 Å². The van der Waals surface area contributed by atoms with Crippen LogP contribution in [-0.4, -0.2) is 24.0 Å². The number of nitrogens with one attached hydrogen (secondary N) is 2. The molecule has 0 unspecified atom stereocenters. The Kier molecular flexibility index (Phi) is 3.90. The first-order chi connectivity index (χ1) is 7.74. The molecular weight excluding hydrogens is 222 g/mol. The maximum absolute atomic E-state index is 11.4. The Morgan fingerprint density at radius 2 is 2.44 bits per heavy atom. The van der Waals surface area contributed by atoms with Crippen LogP contribution in [-0.2, 0) is 11.3 Å². The zero-order valence-electron chi connectivity index (χ0n) is 9.45. The molecular formula is C11H17N3OS. The number of hydrogen-bond donors (Lipinski definition) is 2. The van der Waals surface area contributed by atoms with Gasteiger partial charge in [-0.1, -0.05) is 0 Å². The third-order valence-corrected chi connectivity index (χ3v) is 3.46. The van der Waals surface area contributed by atoms with Crippen LogP contribution in [0.4, 0.5) is 0 Å². The smallest absolute Gasteiger partial charge is 0.234 e. The molecule has 0 saturated heterocycles. The molecule has 1 fully saturated rings. The van der Waals surface area contributed by atoms with E-state index in [-0.39, 0.29) is 5.91 Å². The average Bonchev–Trinajstić information content (AvgIpc) is 2.98. The van der Waals surface area contributed by atoms with Crippen LogP contribution in [0.5, 0.6) is 0 Å². The summed E-state index contributed by atoms with van der Waals surface area (Å²) in [7, 11) is 0. The molecule has 1 heterocycles. The van der Waals surface area contributed by atoms with Crippen LogP contribution in [0, 0.1) is 12.8 Å². The first-order valence-electron chi connectivity index (χ1n) is 5.63. The fraction of sp³-hybridized carbons (Fsp3) is 0.636. The molecule has 0 atom stereocenters. The fourth-order valence-electron chi connectivity index (χ4n) is 1.45. The van der Waals surface area contributed by atoms with Gasteiger partial charge in [-0.05, 0) is 32.2 Å². The zero-order chi connectivity index (χ0) is 11.4. The second-order valence-electron chi connectivity index (χ2n) is 4.20. The van der Waals surface area contributed by atoms with Gasteiger partial charge in [0.2, 0.25) is 5.91 Å². The Hall–Kier alpha value is -0.940. The predicted octanol–water partition coefficient (Wildman–Crippen LogP) is 1.07. The van der Waals surface area contributed by atoms with Crippen molar-refractivity contribution in [3.63, 3.8) is 0 Å². The van der Waals surface area contributed by atoms with E-state index in [1.165, 1.54) is 12.8 Å². The molecule has 1 amide bonds. The highest BCUT2D eigenvalue weighted by atomic mass is 32.1. The SMILES string of the molecule is Cc1ncc(CNC(=O)CNCC2CC2)s1. The topological polar surface area (TPSA) is 54.0 Å². The third kappa shape index (κ3) is 3.90. The molecule has 0 bridgehead atoms. The number of thiazole rings is 1. The van der Waals surface area contributed by atoms with Crippen molar-refractivity contribution in [3.05, 3.63) is 16.1 Å². The van der Waals surface area contributed by atoms with Gasteiger partial charge in [0.15, 0.2) is 0 Å². The van der Waals surface area contributed by atoms with Gasteiger partial charge in [0.1, 0.15) is 0 Å². The van der Waals surface area contributed by atoms with Crippen molar-refractivity contribution >= 4 is 17.2 Å². The van der Waals surface area contributed by atoms with Crippen LogP contribution >= 0.6 is 11.3 Å². The van der Waals surface area contributed by atoms with Crippen LogP contribution in [0.25, 0.3) is 0 Å². The van der Waals surface area contributed by atoms with Gasteiger partial charge in [-0.15, -0.1) is 11.3 Å². The minimum Gasteiger partial charge on any atom is -0.350 e. The van der Waals surface area contributed by atoms with Gasteiger partial charge < -0.3 is 10.6 Å². The number of aromatic nitrogens is 1. The molecule has 0 aromatic carbocycles. The van der Waals surface area contributed by atoms with E-state index in [1.54, 1.807) is 11.3 Å². The van der Waals surface area contributed by atoms with Gasteiger partial charge in [0.05, 0.1) is 18.1 Å². The van der Waals surface area contributed by atoms with Crippen LogP contribution in [0.1, 0.15) is 22.7 Å². The van der Waals surface area contributed by atoms with Crippen LogP contribution < -0.4 is 10.6 Å². The first-order valence-corrected chi connectivity index (χ1v) is 6.44. The van der Waals surface area contributed by atoms with E-state index < -0.39 is 0 Å². The van der Waals surface area contributed by atoms with E-state index in [2.05, 4.69) is 15.6 Å². The number of aryl methyl sites for hydroxylation is 1. The van der Waals surface area contributed by atoms with Gasteiger partial charge >= 0.3 is 0 Å². The third-order valence-electron chi connectivity index (χ3n) is 2.54. The summed E-state index contributed by atoms with van der Waals surface area (Å²) in [5, 5.41) is 7.08. The molecule has 2 N–H and O–H groups in total. The highest BCUT2D eigenvalue weighted by molar-refractivity contribution is 7.11. The Bertz CT molecular complexity index is 360. The second-order valence-corrected chi connectivity index (χ2v) is 5.52. The number of nitrogens with zero attached hydrogens (tertiary/aromatic N) is 1. The summed E-state index contributed by atoms with van der Waals surface area (Å²) in [5.74, 6) is 0.878. The van der Waals surface area contributed by atoms with E-state index in [4.69, 9.17) is 0 Å². The Morgan fingerprint density at radius 3 is 3.06 bits per heavy atom. The summed E-state index contributed by atoms with van der Waals surface area (Å²) in [4.78, 5) is 16.7. The highest BCUT2D eigenvalue weighted by Gasteiger charge is 2.20. The van der Waals surface area contributed by atoms with Gasteiger partial charge in [-0.25, -0.2) is 4.98 Å². The minimum atomic E-state index is 0.0618. The van der Waals surface area contributed by atoms with Gasteiger partial charge in [0.25, 0.3) is 0 Å². The molecule has 16 heavy (non-hydrogen) atoms. The molecule has 88 valence electrons. The lowest BCUT2D eigenvalue weighted by atomic mass is 10.4. The summed E-state index contributed by atoms with van der Waals surface area (Å²) in [6.07, 6.45) is 4.45. The fourth-order valence-corrected chi connectivity index (χ4v) is 2.18. The van der Waals surface area contributed by atoms with Crippen molar-refractivity contribution in [1.82, 2.24) is 15.6 Å². The van der Waals surface area contributed by atoms with E-state index in [1.807, 2.05) is 13.1 Å². The zero-order valence-corrected chi connectivity index (χ0v) is 10.3. The number of amides is 1. The number of hydrogen-bond acceptors (Lipinski definition) is 4. The van der Waals surface area contributed by atoms with Crippen molar-refractivity contribution < 1.29 is 4.79 Å². The number of carbonyl (C=O) groups is 1. The Morgan fingerprint density at radius 1 is 1.62 bits per heavy atom. The quantitative estimate of drug-likeness (QED) is 0.780. The summed E-state index contributed by atoms with van der Waals surface area (Å²) in [6, 6.07) is 0. The highest BCUT2D eigenvalue weighted by Crippen LogP contribution is 2.27. The largest absolute Gasteiger partial charge is 0.350 e. The first kappa shape index (κ1) is 11.5. The maximum atomic E-state index is 11.4. The lowest BCUT2D eigenvalue weighted by Crippen LogP contribution is -2.34. The van der Waals surface area contributed by atoms with E-state index in [0.717, 1.165) is 22.3 Å². The van der Waals surface area contributed by atoms with Crippen molar-refractivity contribution in [3.8, 4) is 0 Å². The van der Waals surface area contributed by atoms with Crippen LogP contribution in [0.3, 0.4) is 0 Å². The standard InChI is InChI=1S/C11H17N3OS/c1-8-13-5-10(16-8)6-14-11(15)7-12-4-9-2-3-9/h5,9,12H,2-4,6-7H2,1H3,(H,14,15). The number of carbonyl (C=O) groups excluding carboxylic acids is 1. The molecule has 1 aliphatic rings. The summed E-state index contributed by atoms with van der Waals surface area (Å²) >= 11 is 1.62. The molecule has 0 radical (unpaired) electrons. The van der Waals surface area contributed by atoms with Gasteiger partial charge in [0, 0.05) is 11.1 Å². The molecule has 2 rings (SSSR count). The van der Waals surface area contributed by atoms with E-state index in [0.29, 0.717) is 13.1 Å². The molecule has 4 nitrogen and oxygen atoms in total. The summed E-state index contributed by atoms with van der Waals surface area (Å²) < 4.78 is 0.